The molecule has 200 valence electrons. The largest absolute Gasteiger partial charge is 0.493 e. The van der Waals surface area contributed by atoms with Gasteiger partial charge < -0.3 is 19.5 Å². The average Bonchev–Trinajstić information content (AvgIpc) is 3.26. The lowest BCUT2D eigenvalue weighted by molar-refractivity contribution is -0.136. The van der Waals surface area contributed by atoms with Crippen LogP contribution in [0.2, 0.25) is 0 Å². The van der Waals surface area contributed by atoms with Gasteiger partial charge in [0.25, 0.3) is 0 Å². The van der Waals surface area contributed by atoms with Crippen molar-refractivity contribution in [2.24, 2.45) is 0 Å². The highest BCUT2D eigenvalue weighted by atomic mass is 127. The molecule has 1 atom stereocenters. The Hall–Kier alpha value is -4.11. The number of methoxy groups -OCH3 is 2. The third-order valence-corrected chi connectivity index (χ3v) is 8.29. The van der Waals surface area contributed by atoms with E-state index in [-0.39, 0.29) is 5.78 Å². The van der Waals surface area contributed by atoms with Gasteiger partial charge in [-0.15, -0.1) is 0 Å². The molecule has 0 aromatic heterocycles. The number of benzene rings is 4. The Morgan fingerprint density at radius 1 is 0.950 bits per heavy atom. The minimum atomic E-state index is -0.641. The molecule has 40 heavy (non-hydrogen) atoms. The van der Waals surface area contributed by atoms with E-state index in [4.69, 9.17) is 14.2 Å². The Balaban J connectivity index is 1.43. The summed E-state index contributed by atoms with van der Waals surface area (Å²) in [6, 6.07) is 25.7. The number of dihydropyridines is 1. The van der Waals surface area contributed by atoms with Crippen LogP contribution < -0.4 is 14.8 Å². The number of ether oxygens (including phenoxy) is 3. The van der Waals surface area contributed by atoms with E-state index in [2.05, 4.69) is 52.2 Å². The maximum atomic E-state index is 13.7. The van der Waals surface area contributed by atoms with E-state index < -0.39 is 11.9 Å². The van der Waals surface area contributed by atoms with Crippen LogP contribution in [0.5, 0.6) is 11.5 Å². The predicted molar refractivity (Wildman–Crippen MR) is 162 cm³/mol. The summed E-state index contributed by atoms with van der Waals surface area (Å²) in [5.41, 5.74) is 5.53. The third kappa shape index (κ3) is 4.25. The van der Waals surface area contributed by atoms with Gasteiger partial charge in [-0.2, -0.15) is 0 Å². The second-order valence-electron chi connectivity index (χ2n) is 9.71. The lowest BCUT2D eigenvalue weighted by Gasteiger charge is -2.29. The van der Waals surface area contributed by atoms with Crippen LogP contribution in [-0.2, 0) is 16.1 Å². The van der Waals surface area contributed by atoms with Gasteiger partial charge in [-0.3, -0.25) is 4.79 Å². The molecule has 6 nitrogen and oxygen atoms in total. The molecular weight excluding hydrogens is 617 g/mol. The summed E-state index contributed by atoms with van der Waals surface area (Å²) in [5.74, 6) is -0.118. The first-order valence-electron chi connectivity index (χ1n) is 12.8. The van der Waals surface area contributed by atoms with E-state index in [0.29, 0.717) is 40.5 Å². The molecule has 0 radical (unpaired) electrons. The van der Waals surface area contributed by atoms with E-state index in [1.54, 1.807) is 7.11 Å². The number of esters is 1. The van der Waals surface area contributed by atoms with Crippen LogP contribution in [0.4, 0.5) is 0 Å². The number of rotatable bonds is 6. The number of hydrogen-bond donors (Lipinski definition) is 1. The van der Waals surface area contributed by atoms with Crippen LogP contribution in [0.15, 0.2) is 95.7 Å². The van der Waals surface area contributed by atoms with E-state index in [1.807, 2.05) is 61.5 Å². The summed E-state index contributed by atoms with van der Waals surface area (Å²) in [6.45, 7) is 2.19. The summed E-state index contributed by atoms with van der Waals surface area (Å²) >= 11 is 2.22. The maximum absolute atomic E-state index is 13.7. The van der Waals surface area contributed by atoms with Crippen molar-refractivity contribution in [3.05, 3.63) is 122 Å². The fourth-order valence-corrected chi connectivity index (χ4v) is 6.44. The molecule has 0 unspecified atom stereocenters. The molecule has 4 aromatic carbocycles. The van der Waals surface area contributed by atoms with Gasteiger partial charge in [0, 0.05) is 28.3 Å². The zero-order chi connectivity index (χ0) is 28.0. The zero-order valence-electron chi connectivity index (χ0n) is 22.2. The molecule has 1 aliphatic carbocycles. The minimum Gasteiger partial charge on any atom is -0.493 e. The van der Waals surface area contributed by atoms with Crippen molar-refractivity contribution in [3.8, 4) is 11.5 Å². The Morgan fingerprint density at radius 3 is 2.45 bits per heavy atom. The maximum Gasteiger partial charge on any atom is 0.336 e. The Morgan fingerprint density at radius 2 is 1.68 bits per heavy atom. The molecule has 1 heterocycles. The predicted octanol–water partition coefficient (Wildman–Crippen LogP) is 6.77. The van der Waals surface area contributed by atoms with Crippen molar-refractivity contribution >= 4 is 50.8 Å². The summed E-state index contributed by atoms with van der Waals surface area (Å²) in [5, 5.41) is 5.60. The number of carbonyl (C=O) groups is 2. The van der Waals surface area contributed by atoms with Crippen molar-refractivity contribution in [1.82, 2.24) is 5.32 Å². The molecule has 0 saturated carbocycles. The molecular formula is C33H26INO5. The highest BCUT2D eigenvalue weighted by molar-refractivity contribution is 14.1. The summed E-state index contributed by atoms with van der Waals surface area (Å²) in [7, 11) is 2.94. The summed E-state index contributed by atoms with van der Waals surface area (Å²) in [4.78, 5) is 26.8. The first-order valence-corrected chi connectivity index (χ1v) is 13.9. The van der Waals surface area contributed by atoms with E-state index in [9.17, 15) is 9.59 Å². The number of allylic oxidation sites excluding steroid dienone is 2. The first-order chi connectivity index (χ1) is 19.4. The van der Waals surface area contributed by atoms with Gasteiger partial charge in [0.2, 0.25) is 0 Å². The minimum absolute atomic E-state index is 0.109. The first kappa shape index (κ1) is 26.1. The average molecular weight is 643 g/mol. The van der Waals surface area contributed by atoms with Crippen LogP contribution in [0.3, 0.4) is 0 Å². The third-order valence-electron chi connectivity index (χ3n) is 7.49. The Labute approximate surface area is 245 Å². The van der Waals surface area contributed by atoms with Gasteiger partial charge >= 0.3 is 5.97 Å². The van der Waals surface area contributed by atoms with Crippen molar-refractivity contribution in [2.75, 3.05) is 14.2 Å². The number of nitrogens with one attached hydrogen (secondary N) is 1. The number of carbonyl (C=O) groups excluding carboxylic acids is 2. The zero-order valence-corrected chi connectivity index (χ0v) is 24.4. The number of hydrogen-bond acceptors (Lipinski definition) is 6. The highest BCUT2D eigenvalue weighted by Crippen LogP contribution is 2.48. The smallest absolute Gasteiger partial charge is 0.336 e. The number of fused-ring (bicyclic) bond motifs is 3. The molecule has 2 aliphatic rings. The fourth-order valence-electron chi connectivity index (χ4n) is 5.66. The van der Waals surface area contributed by atoms with Crippen molar-refractivity contribution < 1.29 is 23.8 Å². The number of Topliss-reactive ketones (excluding diaryl/α,β-unsaturated/α-hetero) is 1. The van der Waals surface area contributed by atoms with Gasteiger partial charge in [0.1, 0.15) is 6.61 Å². The molecule has 1 aliphatic heterocycles. The molecule has 1 N–H and O–H groups in total. The monoisotopic (exact) mass is 643 g/mol. The van der Waals surface area contributed by atoms with Gasteiger partial charge in [-0.1, -0.05) is 66.7 Å². The quantitative estimate of drug-likeness (QED) is 0.185. The van der Waals surface area contributed by atoms with E-state index in [1.165, 1.54) is 7.11 Å². The van der Waals surface area contributed by atoms with Crippen LogP contribution in [-0.4, -0.2) is 26.0 Å². The van der Waals surface area contributed by atoms with E-state index >= 15 is 0 Å². The molecule has 0 spiro atoms. The molecule has 7 heteroatoms. The highest BCUT2D eigenvalue weighted by Gasteiger charge is 2.43. The molecule has 0 saturated heterocycles. The lowest BCUT2D eigenvalue weighted by atomic mass is 9.79. The van der Waals surface area contributed by atoms with Crippen LogP contribution in [0.25, 0.3) is 16.5 Å². The fraction of sp³-hybridized carbons (Fsp3) is 0.152. The van der Waals surface area contributed by atoms with Gasteiger partial charge in [0.15, 0.2) is 17.3 Å². The standard InChI is InChI=1S/C33H26INO5/c1-18-27(33(37)39-3)28(29-30(35-18)23-13-6-7-14-24(23)31(29)36)21-15-25(34)32(26(16-21)38-2)40-17-20-11-8-10-19-9-4-5-12-22(19)20/h4-16,28,35H,17H2,1-3H3/t28-/m1/s1. The second kappa shape index (κ2) is 10.5. The summed E-state index contributed by atoms with van der Waals surface area (Å²) < 4.78 is 18.1. The van der Waals surface area contributed by atoms with Crippen molar-refractivity contribution in [3.63, 3.8) is 0 Å². The Kier molecular flexibility index (Phi) is 6.83. The normalized spacial score (nSPS) is 16.0. The molecule has 6 rings (SSSR count). The van der Waals surface area contributed by atoms with Crippen LogP contribution in [0.1, 0.15) is 39.9 Å². The summed E-state index contributed by atoms with van der Waals surface area (Å²) in [6.07, 6.45) is 0. The van der Waals surface area contributed by atoms with Gasteiger partial charge in [-0.25, -0.2) is 4.79 Å². The Bertz CT molecular complexity index is 1760. The molecule has 4 aromatic rings. The van der Waals surface area contributed by atoms with Gasteiger partial charge in [0.05, 0.1) is 29.1 Å². The number of ketones is 1. The number of halogens is 1. The SMILES string of the molecule is COC(=O)C1=C(C)NC2=C(C(=O)c3ccccc32)[C@@H]1c1cc(I)c(OCc2cccc3ccccc23)c(OC)c1. The lowest BCUT2D eigenvalue weighted by Crippen LogP contribution is -2.29. The van der Waals surface area contributed by atoms with Crippen molar-refractivity contribution in [1.29, 1.82) is 0 Å². The van der Waals surface area contributed by atoms with Crippen LogP contribution in [0, 0.1) is 3.57 Å². The topological polar surface area (TPSA) is 73.9 Å². The second-order valence-corrected chi connectivity index (χ2v) is 10.9. The van der Waals surface area contributed by atoms with E-state index in [0.717, 1.165) is 36.7 Å². The molecule has 0 fully saturated rings. The molecule has 0 amide bonds. The van der Waals surface area contributed by atoms with Crippen LogP contribution >= 0.6 is 22.6 Å². The van der Waals surface area contributed by atoms with Crippen molar-refractivity contribution in [2.45, 2.75) is 19.4 Å². The van der Waals surface area contributed by atoms with Gasteiger partial charge in [-0.05, 0) is 63.5 Å². The molecule has 0 bridgehead atoms.